The molecule has 1 aromatic rings. The molecule has 0 aromatic heterocycles. The van der Waals surface area contributed by atoms with Crippen LogP contribution in [0.5, 0.6) is 0 Å². The van der Waals surface area contributed by atoms with E-state index in [-0.39, 0.29) is 12.5 Å². The van der Waals surface area contributed by atoms with Crippen LogP contribution in [-0.4, -0.2) is 77.8 Å². The highest BCUT2D eigenvalue weighted by Gasteiger charge is 2.31. The van der Waals surface area contributed by atoms with E-state index in [1.54, 1.807) is 24.3 Å². The molecule has 0 unspecified atom stereocenters. The molecule has 0 spiro atoms. The summed E-state index contributed by atoms with van der Waals surface area (Å²) in [5.41, 5.74) is 1.34. The molecule has 9 heteroatoms. The van der Waals surface area contributed by atoms with Gasteiger partial charge in [0.25, 0.3) is 0 Å². The molecule has 1 aliphatic heterocycles. The Hall–Kier alpha value is -2.49. The lowest BCUT2D eigenvalue weighted by molar-refractivity contribution is -0.145. The van der Waals surface area contributed by atoms with Crippen molar-refractivity contribution in [2.45, 2.75) is 32.0 Å². The molecule has 0 aliphatic carbocycles. The SMILES string of the molecule is Cc1ccc([C@@H](O)[C@H](NC(=O)[C@H](C)NC(=O)CN2CCOCC2)C(=O)O)cc1. The summed E-state index contributed by atoms with van der Waals surface area (Å²) >= 11 is 0. The molecule has 1 saturated heterocycles. The average molecular weight is 393 g/mol. The number of carboxylic acid groups (broad SMARTS) is 1. The lowest BCUT2D eigenvalue weighted by Crippen LogP contribution is -2.53. The molecule has 1 fully saturated rings. The zero-order chi connectivity index (χ0) is 20.7. The van der Waals surface area contributed by atoms with Gasteiger partial charge in [0.1, 0.15) is 12.1 Å². The van der Waals surface area contributed by atoms with Crippen molar-refractivity contribution in [1.29, 1.82) is 0 Å². The third-order valence-electron chi connectivity index (χ3n) is 4.54. The van der Waals surface area contributed by atoms with Crippen molar-refractivity contribution in [3.05, 3.63) is 35.4 Å². The van der Waals surface area contributed by atoms with E-state index >= 15 is 0 Å². The van der Waals surface area contributed by atoms with Crippen LogP contribution in [0, 0.1) is 6.92 Å². The number of ether oxygens (including phenoxy) is 1. The maximum atomic E-state index is 12.3. The minimum absolute atomic E-state index is 0.134. The van der Waals surface area contributed by atoms with Crippen LogP contribution in [0.1, 0.15) is 24.2 Å². The Labute approximate surface area is 163 Å². The van der Waals surface area contributed by atoms with Crippen molar-refractivity contribution in [2.75, 3.05) is 32.8 Å². The number of aliphatic hydroxyl groups is 1. The number of rotatable bonds is 8. The minimum atomic E-state index is -1.53. The van der Waals surface area contributed by atoms with Gasteiger partial charge in [0.2, 0.25) is 11.8 Å². The van der Waals surface area contributed by atoms with Crippen molar-refractivity contribution >= 4 is 17.8 Å². The number of aliphatic hydroxyl groups excluding tert-OH is 1. The van der Waals surface area contributed by atoms with E-state index in [9.17, 15) is 24.6 Å². The average Bonchev–Trinajstić information content (AvgIpc) is 2.66. The van der Waals surface area contributed by atoms with Crippen LogP contribution in [0.25, 0.3) is 0 Å². The van der Waals surface area contributed by atoms with Crippen molar-refractivity contribution < 1.29 is 29.3 Å². The number of carbonyl (C=O) groups excluding carboxylic acids is 2. The maximum Gasteiger partial charge on any atom is 0.329 e. The van der Waals surface area contributed by atoms with Gasteiger partial charge in [-0.2, -0.15) is 0 Å². The molecule has 28 heavy (non-hydrogen) atoms. The summed E-state index contributed by atoms with van der Waals surface area (Å²) in [5, 5.41) is 24.6. The van der Waals surface area contributed by atoms with Gasteiger partial charge in [-0.3, -0.25) is 14.5 Å². The van der Waals surface area contributed by atoms with Gasteiger partial charge in [-0.05, 0) is 19.4 Å². The molecule has 3 atom stereocenters. The second-order valence-electron chi connectivity index (χ2n) is 6.86. The molecule has 154 valence electrons. The number of nitrogens with one attached hydrogen (secondary N) is 2. The summed E-state index contributed by atoms with van der Waals surface area (Å²) in [4.78, 5) is 37.9. The quantitative estimate of drug-likeness (QED) is 0.466. The largest absolute Gasteiger partial charge is 0.480 e. The zero-order valence-electron chi connectivity index (χ0n) is 16.1. The predicted octanol–water partition coefficient (Wildman–Crippen LogP) is -0.565. The Morgan fingerprint density at radius 1 is 1.14 bits per heavy atom. The van der Waals surface area contributed by atoms with Gasteiger partial charge in [0.05, 0.1) is 19.8 Å². The molecule has 1 heterocycles. The van der Waals surface area contributed by atoms with Gasteiger partial charge in [-0.15, -0.1) is 0 Å². The van der Waals surface area contributed by atoms with E-state index in [2.05, 4.69) is 10.6 Å². The molecule has 1 aromatic carbocycles. The van der Waals surface area contributed by atoms with Crippen LogP contribution >= 0.6 is 0 Å². The van der Waals surface area contributed by atoms with Crippen LogP contribution in [0.15, 0.2) is 24.3 Å². The predicted molar refractivity (Wildman–Crippen MR) is 101 cm³/mol. The van der Waals surface area contributed by atoms with Gasteiger partial charge < -0.3 is 25.6 Å². The number of hydrogen-bond acceptors (Lipinski definition) is 6. The Morgan fingerprint density at radius 3 is 2.32 bits per heavy atom. The smallest absolute Gasteiger partial charge is 0.329 e. The molecule has 9 nitrogen and oxygen atoms in total. The zero-order valence-corrected chi connectivity index (χ0v) is 16.1. The highest BCUT2D eigenvalue weighted by atomic mass is 16.5. The normalized spacial score (nSPS) is 18.0. The van der Waals surface area contributed by atoms with Crippen LogP contribution in [0.2, 0.25) is 0 Å². The molecule has 0 radical (unpaired) electrons. The second-order valence-corrected chi connectivity index (χ2v) is 6.86. The fourth-order valence-corrected chi connectivity index (χ4v) is 2.83. The number of morpholine rings is 1. The Kier molecular flexibility index (Phi) is 7.91. The topological polar surface area (TPSA) is 128 Å². The third kappa shape index (κ3) is 6.29. The molecular formula is C19H27N3O6. The van der Waals surface area contributed by atoms with Gasteiger partial charge in [0.15, 0.2) is 6.04 Å². The number of aliphatic carboxylic acids is 1. The number of carboxylic acids is 1. The first kappa shape index (κ1) is 21.8. The number of hydrogen-bond donors (Lipinski definition) is 4. The Balaban J connectivity index is 1.92. The fourth-order valence-electron chi connectivity index (χ4n) is 2.83. The summed E-state index contributed by atoms with van der Waals surface area (Å²) in [6.45, 7) is 5.85. The van der Waals surface area contributed by atoms with Crippen molar-refractivity contribution in [1.82, 2.24) is 15.5 Å². The Bertz CT molecular complexity index is 687. The van der Waals surface area contributed by atoms with Gasteiger partial charge in [0, 0.05) is 13.1 Å². The van der Waals surface area contributed by atoms with E-state index < -0.39 is 30.1 Å². The first-order chi connectivity index (χ1) is 13.3. The summed E-state index contributed by atoms with van der Waals surface area (Å²) in [5.74, 6) is -2.39. The summed E-state index contributed by atoms with van der Waals surface area (Å²) in [6.07, 6.45) is -1.42. The number of carbonyl (C=O) groups is 3. The number of nitrogens with zero attached hydrogens (tertiary/aromatic N) is 1. The molecule has 0 bridgehead atoms. The van der Waals surface area contributed by atoms with Gasteiger partial charge >= 0.3 is 5.97 Å². The molecule has 0 saturated carbocycles. The highest BCUT2D eigenvalue weighted by Crippen LogP contribution is 2.18. The fraction of sp³-hybridized carbons (Fsp3) is 0.526. The molecule has 1 aliphatic rings. The van der Waals surface area contributed by atoms with Crippen LogP contribution in [-0.2, 0) is 19.1 Å². The lowest BCUT2D eigenvalue weighted by Gasteiger charge is -2.27. The molecule has 2 rings (SSSR count). The van der Waals surface area contributed by atoms with E-state index in [4.69, 9.17) is 4.74 Å². The number of aryl methyl sites for hydroxylation is 1. The van der Waals surface area contributed by atoms with Gasteiger partial charge in [-0.25, -0.2) is 4.79 Å². The van der Waals surface area contributed by atoms with Crippen LogP contribution < -0.4 is 10.6 Å². The third-order valence-corrected chi connectivity index (χ3v) is 4.54. The van der Waals surface area contributed by atoms with Crippen molar-refractivity contribution in [3.63, 3.8) is 0 Å². The van der Waals surface area contributed by atoms with Crippen LogP contribution in [0.4, 0.5) is 0 Å². The standard InChI is InChI=1S/C19H27N3O6/c1-12-3-5-14(6-4-12)17(24)16(19(26)27)21-18(25)13(2)20-15(23)11-22-7-9-28-10-8-22/h3-6,13,16-17,24H,7-11H2,1-2H3,(H,20,23)(H,21,25)(H,26,27)/t13-,16-,17+/m0/s1. The van der Waals surface area contributed by atoms with Crippen molar-refractivity contribution in [2.24, 2.45) is 0 Å². The summed E-state index contributed by atoms with van der Waals surface area (Å²) in [7, 11) is 0. The molecule has 2 amide bonds. The number of amides is 2. The Morgan fingerprint density at radius 2 is 1.75 bits per heavy atom. The molecule has 4 N–H and O–H groups in total. The summed E-state index contributed by atoms with van der Waals surface area (Å²) < 4.78 is 5.22. The summed E-state index contributed by atoms with van der Waals surface area (Å²) in [6, 6.07) is 4.22. The molecular weight excluding hydrogens is 366 g/mol. The first-order valence-corrected chi connectivity index (χ1v) is 9.15. The highest BCUT2D eigenvalue weighted by molar-refractivity contribution is 5.90. The van der Waals surface area contributed by atoms with E-state index in [0.29, 0.717) is 31.9 Å². The van der Waals surface area contributed by atoms with Gasteiger partial charge in [-0.1, -0.05) is 29.8 Å². The maximum absolute atomic E-state index is 12.3. The van der Waals surface area contributed by atoms with E-state index in [1.165, 1.54) is 6.92 Å². The van der Waals surface area contributed by atoms with Crippen molar-refractivity contribution in [3.8, 4) is 0 Å². The number of benzene rings is 1. The minimum Gasteiger partial charge on any atom is -0.480 e. The monoisotopic (exact) mass is 393 g/mol. The van der Waals surface area contributed by atoms with E-state index in [0.717, 1.165) is 5.56 Å². The second kappa shape index (κ2) is 10.2. The van der Waals surface area contributed by atoms with Crippen LogP contribution in [0.3, 0.4) is 0 Å². The lowest BCUT2D eigenvalue weighted by atomic mass is 10.0. The first-order valence-electron chi connectivity index (χ1n) is 9.15. The van der Waals surface area contributed by atoms with E-state index in [1.807, 2.05) is 11.8 Å².